The van der Waals surface area contributed by atoms with Crippen LogP contribution in [-0.2, 0) is 45.1 Å². The second kappa shape index (κ2) is 13.4. The van der Waals surface area contributed by atoms with Crippen LogP contribution in [0, 0.1) is 0 Å². The lowest BCUT2D eigenvalue weighted by Crippen LogP contribution is -2.24. The first-order valence-electron chi connectivity index (χ1n) is 17.8. The summed E-state index contributed by atoms with van der Waals surface area (Å²) in [7, 11) is 0. The molecule has 0 unspecified atom stereocenters. The number of nitrogens with zero attached hydrogens (tertiary/aromatic N) is 2. The van der Waals surface area contributed by atoms with Crippen LogP contribution in [0.3, 0.4) is 0 Å². The van der Waals surface area contributed by atoms with Crippen molar-refractivity contribution in [3.05, 3.63) is 168 Å². The van der Waals surface area contributed by atoms with Crippen molar-refractivity contribution in [2.45, 2.75) is 38.9 Å². The average Bonchev–Trinajstić information content (AvgIpc) is 3.20. The lowest BCUT2D eigenvalue weighted by molar-refractivity contribution is -0.145. The highest BCUT2D eigenvalue weighted by Gasteiger charge is 2.34. The van der Waals surface area contributed by atoms with E-state index in [1.807, 2.05) is 48.5 Å². The van der Waals surface area contributed by atoms with Gasteiger partial charge < -0.3 is 19.3 Å². The third-order valence-electron chi connectivity index (χ3n) is 10.2. The number of ether oxygens (including phenoxy) is 2. The molecule has 0 aromatic heterocycles. The van der Waals surface area contributed by atoms with E-state index in [4.69, 9.17) is 9.47 Å². The van der Waals surface area contributed by atoms with E-state index >= 15 is 0 Å². The Kier molecular flexibility index (Phi) is 8.12. The van der Waals surface area contributed by atoms with Crippen molar-refractivity contribution in [3.8, 4) is 0 Å². The molecule has 0 radical (unpaired) electrons. The van der Waals surface area contributed by atoms with Crippen LogP contribution in [0.4, 0.5) is 34.1 Å². The van der Waals surface area contributed by atoms with Gasteiger partial charge in [0, 0.05) is 35.0 Å². The number of esters is 2. The molecular weight excluding hydrogens is 645 g/mol. The van der Waals surface area contributed by atoms with Crippen LogP contribution in [0.2, 0.25) is 0 Å². The number of hydrogen-bond acceptors (Lipinski definition) is 6. The third kappa shape index (κ3) is 5.72. The minimum Gasteiger partial charge on any atom is -0.461 e. The normalized spacial score (nSPS) is 14.8. The monoisotopic (exact) mass is 680 g/mol. The molecule has 0 amide bonds. The fourth-order valence-electron chi connectivity index (χ4n) is 7.65. The lowest BCUT2D eigenvalue weighted by Gasteiger charge is -2.42. The van der Waals surface area contributed by atoms with E-state index in [2.05, 4.69) is 107 Å². The Morgan fingerprint density at radius 1 is 0.385 bits per heavy atom. The van der Waals surface area contributed by atoms with Gasteiger partial charge in [0.1, 0.15) is 13.2 Å². The highest BCUT2D eigenvalue weighted by Crippen LogP contribution is 2.58. The minimum atomic E-state index is -0.254. The summed E-state index contributed by atoms with van der Waals surface area (Å²) in [4.78, 5) is 30.5. The molecule has 0 saturated carbocycles. The molecule has 6 nitrogen and oxygen atoms in total. The quantitative estimate of drug-likeness (QED) is 0.117. The van der Waals surface area contributed by atoms with Crippen molar-refractivity contribution in [3.63, 3.8) is 0 Å². The van der Waals surface area contributed by atoms with E-state index in [0.717, 1.165) is 67.2 Å². The van der Waals surface area contributed by atoms with Gasteiger partial charge in [-0.05, 0) is 82.3 Å². The van der Waals surface area contributed by atoms with E-state index in [1.165, 1.54) is 10.8 Å². The summed E-state index contributed by atoms with van der Waals surface area (Å²) in [5.41, 5.74) is 10.2. The highest BCUT2D eigenvalue weighted by atomic mass is 16.5. The van der Waals surface area contributed by atoms with Crippen LogP contribution in [0.1, 0.15) is 35.1 Å². The maximum absolute atomic E-state index is 12.9. The summed E-state index contributed by atoms with van der Waals surface area (Å²) in [5, 5.41) is 4.64. The van der Waals surface area contributed by atoms with Crippen molar-refractivity contribution in [2.75, 3.05) is 9.80 Å². The third-order valence-corrected chi connectivity index (χ3v) is 10.2. The minimum absolute atomic E-state index is 0.192. The molecule has 0 spiro atoms. The molecular formula is C46H36N2O4. The molecule has 6 bridgehead atoms. The molecule has 254 valence electrons. The van der Waals surface area contributed by atoms with Gasteiger partial charge in [-0.15, -0.1) is 0 Å². The van der Waals surface area contributed by atoms with Crippen molar-refractivity contribution >= 4 is 67.6 Å². The van der Waals surface area contributed by atoms with Gasteiger partial charge in [0.05, 0.1) is 22.7 Å². The predicted molar refractivity (Wildman–Crippen MR) is 207 cm³/mol. The number of carbonyl (C=O) groups is 2. The lowest BCUT2D eigenvalue weighted by atomic mass is 9.93. The molecule has 5 aliphatic rings. The number of para-hydroxylation sites is 2. The molecule has 5 heterocycles. The number of anilines is 6. The van der Waals surface area contributed by atoms with E-state index in [-0.39, 0.29) is 38.0 Å². The maximum Gasteiger partial charge on any atom is 0.306 e. The molecule has 12 rings (SSSR count). The van der Waals surface area contributed by atoms with E-state index in [9.17, 15) is 9.59 Å². The highest BCUT2D eigenvalue weighted by molar-refractivity contribution is 6.25. The van der Waals surface area contributed by atoms with Crippen LogP contribution in [0.15, 0.2) is 146 Å². The first kappa shape index (κ1) is 31.6. The largest absolute Gasteiger partial charge is 0.461 e. The number of aryl methyl sites for hydroxylation is 2. The molecule has 52 heavy (non-hydrogen) atoms. The summed E-state index contributed by atoms with van der Waals surface area (Å²) in [6.45, 7) is 0.383. The zero-order valence-corrected chi connectivity index (χ0v) is 28.6. The van der Waals surface area contributed by atoms with Crippen LogP contribution in [0.5, 0.6) is 0 Å². The molecule has 0 saturated heterocycles. The van der Waals surface area contributed by atoms with E-state index in [0.29, 0.717) is 12.8 Å². The summed E-state index contributed by atoms with van der Waals surface area (Å²) in [6.07, 6.45) is 1.61. The number of carbonyl (C=O) groups excluding carboxylic acids is 2. The number of rotatable bonds is 0. The summed E-state index contributed by atoms with van der Waals surface area (Å²) >= 11 is 0. The molecule has 5 aliphatic heterocycles. The van der Waals surface area contributed by atoms with Gasteiger partial charge in [-0.2, -0.15) is 0 Å². The van der Waals surface area contributed by atoms with E-state index < -0.39 is 0 Å². The summed E-state index contributed by atoms with van der Waals surface area (Å²) in [5.74, 6) is -0.508. The SMILES string of the molecule is O=C1CCc2ccccc2CCC(=O)OCc2ccc(cc2)N2c3ccccc3N(c3ccc(cc3)CO1)c1c2c2ccccc2c2ccccc12. The van der Waals surface area contributed by atoms with E-state index in [1.54, 1.807) is 0 Å². The molecule has 0 fully saturated rings. The number of benzene rings is 7. The van der Waals surface area contributed by atoms with Gasteiger partial charge in [-0.1, -0.05) is 109 Å². The standard InChI is InChI=1S/C46H36N2O4/c49-43-27-21-33-9-1-2-10-34(33)22-28-44(50)52-30-32-19-25-36(26-20-32)48-42-16-8-7-15-41(42)47(35-23-17-31(18-24-35)29-51-43)45-39-13-5-3-11-37(39)38-12-4-6-14-40(38)46(45)48/h1-20,23-26H,21-22,27-30H2. The predicted octanol–water partition coefficient (Wildman–Crippen LogP) is 10.9. The molecule has 7 aromatic carbocycles. The second-order valence-electron chi connectivity index (χ2n) is 13.4. The van der Waals surface area contributed by atoms with Gasteiger partial charge in [-0.25, -0.2) is 0 Å². The Bertz CT molecular complexity index is 2300. The molecule has 6 heteroatoms. The maximum atomic E-state index is 12.9. The first-order chi connectivity index (χ1) is 25.6. The van der Waals surface area contributed by atoms with Gasteiger partial charge in [0.2, 0.25) is 0 Å². The van der Waals surface area contributed by atoms with Gasteiger partial charge >= 0.3 is 11.9 Å². The van der Waals surface area contributed by atoms with Crippen molar-refractivity contribution in [1.29, 1.82) is 0 Å². The smallest absolute Gasteiger partial charge is 0.306 e. The summed E-state index contributed by atoms with van der Waals surface area (Å²) < 4.78 is 11.5. The second-order valence-corrected chi connectivity index (χ2v) is 13.4. The fourth-order valence-corrected chi connectivity index (χ4v) is 7.65. The van der Waals surface area contributed by atoms with Crippen LogP contribution in [0.25, 0.3) is 21.5 Å². The van der Waals surface area contributed by atoms with Crippen LogP contribution < -0.4 is 9.80 Å². The Labute approximate surface area is 302 Å². The number of hydrogen-bond donors (Lipinski definition) is 0. The van der Waals surface area contributed by atoms with Crippen molar-refractivity contribution in [2.24, 2.45) is 0 Å². The fraction of sp³-hybridized carbons (Fsp3) is 0.130. The topological polar surface area (TPSA) is 59.1 Å². The Morgan fingerprint density at radius 3 is 1.17 bits per heavy atom. The summed E-state index contributed by atoms with van der Waals surface area (Å²) in [6, 6.07) is 50.3. The van der Waals surface area contributed by atoms with Crippen molar-refractivity contribution in [1.82, 2.24) is 0 Å². The zero-order valence-electron chi connectivity index (χ0n) is 28.6. The Morgan fingerprint density at radius 2 is 0.750 bits per heavy atom. The van der Waals surface area contributed by atoms with Crippen LogP contribution >= 0.6 is 0 Å². The van der Waals surface area contributed by atoms with Gasteiger partial charge in [0.25, 0.3) is 0 Å². The number of fused-ring (bicyclic) bond motifs is 5. The van der Waals surface area contributed by atoms with Crippen LogP contribution in [-0.4, -0.2) is 11.9 Å². The Balaban J connectivity index is 1.20. The van der Waals surface area contributed by atoms with Crippen molar-refractivity contribution < 1.29 is 19.1 Å². The van der Waals surface area contributed by atoms with Gasteiger partial charge in [-0.3, -0.25) is 9.59 Å². The first-order valence-corrected chi connectivity index (χ1v) is 17.8. The average molecular weight is 681 g/mol. The zero-order chi connectivity index (χ0) is 35.0. The molecule has 7 aromatic rings. The van der Waals surface area contributed by atoms with Gasteiger partial charge in [0.15, 0.2) is 0 Å². The molecule has 0 aliphatic carbocycles. The molecule has 0 atom stereocenters. The molecule has 0 N–H and O–H groups in total. The Hall–Kier alpha value is -6.40.